The Morgan fingerprint density at radius 1 is 0.474 bits per heavy atom. The van der Waals surface area contributed by atoms with Gasteiger partial charge in [0, 0.05) is 4.75 Å². The van der Waals surface area contributed by atoms with Crippen molar-refractivity contribution in [1.29, 1.82) is 0 Å². The molecule has 7 bridgehead atoms. The molecular formula is C37H64S. The van der Waals surface area contributed by atoms with Gasteiger partial charge in [0.15, 0.2) is 0 Å². The Morgan fingerprint density at radius 2 is 0.974 bits per heavy atom. The van der Waals surface area contributed by atoms with Crippen LogP contribution in [-0.2, 0) is 0 Å². The SMILES string of the molecule is CC12CC(C1)C1CCCCC34CCCCCCC1CC1CCCCCCCCC3(S)CCCCC1CC2C4. The normalized spacial score (nSPS) is 49.4. The summed E-state index contributed by atoms with van der Waals surface area (Å²) in [6.45, 7) is 2.81. The highest BCUT2D eigenvalue weighted by Crippen LogP contribution is 2.65. The molecule has 7 fully saturated rings. The molecule has 7 saturated carbocycles. The standard InChI is InChI=1S/C37H64S/c1-35-26-32(27-35)34-19-11-14-21-36-20-12-7-5-9-18-31(34)24-29-16-8-4-2-3-6-13-22-37(36,38)23-15-10-17-30(29)25-33(35)28-36/h29-34,38H,2-28H2,1H3. The van der Waals surface area contributed by atoms with Crippen LogP contribution in [0.4, 0.5) is 0 Å². The lowest BCUT2D eigenvalue weighted by Gasteiger charge is -2.60. The topological polar surface area (TPSA) is 0 Å². The van der Waals surface area contributed by atoms with Gasteiger partial charge >= 0.3 is 0 Å². The molecule has 0 aliphatic heterocycles. The predicted molar refractivity (Wildman–Crippen MR) is 168 cm³/mol. The molecular weight excluding hydrogens is 476 g/mol. The van der Waals surface area contributed by atoms with Gasteiger partial charge in [0.1, 0.15) is 0 Å². The van der Waals surface area contributed by atoms with E-state index in [9.17, 15) is 0 Å². The van der Waals surface area contributed by atoms with Crippen molar-refractivity contribution in [3.8, 4) is 0 Å². The van der Waals surface area contributed by atoms with Crippen LogP contribution in [-0.4, -0.2) is 4.75 Å². The Labute approximate surface area is 243 Å². The Kier molecular flexibility index (Phi) is 9.21. The smallest absolute Gasteiger partial charge is 0.0186 e. The lowest BCUT2D eigenvalue weighted by Crippen LogP contribution is -2.52. The third-order valence-corrected chi connectivity index (χ3v) is 15.3. The van der Waals surface area contributed by atoms with Crippen molar-refractivity contribution in [2.24, 2.45) is 46.3 Å². The second kappa shape index (κ2) is 12.3. The van der Waals surface area contributed by atoms with Crippen LogP contribution in [0.25, 0.3) is 0 Å². The van der Waals surface area contributed by atoms with Gasteiger partial charge in [0.25, 0.3) is 0 Å². The lowest BCUT2D eigenvalue weighted by atomic mass is 9.46. The van der Waals surface area contributed by atoms with Gasteiger partial charge in [0.2, 0.25) is 0 Å². The molecule has 0 aromatic carbocycles. The van der Waals surface area contributed by atoms with Crippen molar-refractivity contribution in [1.82, 2.24) is 0 Å². The van der Waals surface area contributed by atoms with Crippen molar-refractivity contribution < 1.29 is 0 Å². The third kappa shape index (κ3) is 5.82. The van der Waals surface area contributed by atoms with Crippen LogP contribution in [0.15, 0.2) is 0 Å². The molecule has 1 spiro atoms. The van der Waals surface area contributed by atoms with E-state index in [0.717, 1.165) is 35.5 Å². The van der Waals surface area contributed by atoms with Gasteiger partial charge in [-0.25, -0.2) is 0 Å². The number of thiol groups is 1. The first kappa shape index (κ1) is 28.5. The van der Waals surface area contributed by atoms with Crippen LogP contribution >= 0.6 is 12.6 Å². The fourth-order valence-electron chi connectivity index (χ4n) is 12.1. The fraction of sp³-hybridized carbons (Fsp3) is 1.00. The van der Waals surface area contributed by atoms with Crippen molar-refractivity contribution in [3.05, 3.63) is 0 Å². The maximum Gasteiger partial charge on any atom is 0.0186 e. The molecule has 1 heteroatoms. The van der Waals surface area contributed by atoms with E-state index in [1.165, 1.54) is 116 Å². The Hall–Kier alpha value is 0.350. The largest absolute Gasteiger partial charge is 0.172 e. The molecule has 218 valence electrons. The number of hydrogen-bond acceptors (Lipinski definition) is 1. The lowest BCUT2D eigenvalue weighted by molar-refractivity contribution is -0.0834. The molecule has 7 aliphatic rings. The summed E-state index contributed by atoms with van der Waals surface area (Å²) in [5, 5.41) is 0. The molecule has 7 rings (SSSR count). The summed E-state index contributed by atoms with van der Waals surface area (Å²) in [6, 6.07) is 0. The molecule has 0 amide bonds. The molecule has 0 nitrogen and oxygen atoms in total. The van der Waals surface area contributed by atoms with Crippen LogP contribution < -0.4 is 0 Å². The first-order valence-electron chi connectivity index (χ1n) is 18.2. The summed E-state index contributed by atoms with van der Waals surface area (Å²) in [5.74, 6) is 6.21. The highest BCUT2D eigenvalue weighted by atomic mass is 32.1. The first-order chi connectivity index (χ1) is 18.5. The number of hydrogen-bond donors (Lipinski definition) is 1. The minimum absolute atomic E-state index is 0.285. The van der Waals surface area contributed by atoms with Gasteiger partial charge in [-0.1, -0.05) is 116 Å². The maximum atomic E-state index is 5.99. The fourth-order valence-corrected chi connectivity index (χ4v) is 12.8. The molecule has 7 aliphatic carbocycles. The summed E-state index contributed by atoms with van der Waals surface area (Å²) in [7, 11) is 0. The van der Waals surface area contributed by atoms with Gasteiger partial charge in [-0.15, -0.1) is 0 Å². The molecule has 0 aromatic rings. The van der Waals surface area contributed by atoms with Crippen LogP contribution in [0, 0.1) is 46.3 Å². The van der Waals surface area contributed by atoms with Crippen molar-refractivity contribution in [3.63, 3.8) is 0 Å². The monoisotopic (exact) mass is 540 g/mol. The second-order valence-electron chi connectivity index (χ2n) is 16.6. The van der Waals surface area contributed by atoms with Crippen LogP contribution in [0.5, 0.6) is 0 Å². The van der Waals surface area contributed by atoms with Crippen LogP contribution in [0.2, 0.25) is 0 Å². The highest BCUT2D eigenvalue weighted by molar-refractivity contribution is 7.81. The van der Waals surface area contributed by atoms with Gasteiger partial charge in [-0.3, -0.25) is 0 Å². The van der Waals surface area contributed by atoms with E-state index < -0.39 is 0 Å². The van der Waals surface area contributed by atoms with Crippen LogP contribution in [0.1, 0.15) is 180 Å². The summed E-state index contributed by atoms with van der Waals surface area (Å²) in [5.41, 5.74) is 1.13. The molecule has 0 saturated heterocycles. The van der Waals surface area contributed by atoms with Crippen molar-refractivity contribution in [2.45, 2.75) is 185 Å². The minimum Gasteiger partial charge on any atom is -0.172 e. The third-order valence-electron chi connectivity index (χ3n) is 14.4. The van der Waals surface area contributed by atoms with E-state index in [0.29, 0.717) is 10.8 Å². The molecule has 0 heterocycles. The molecule has 0 radical (unpaired) electrons. The summed E-state index contributed by atoms with van der Waals surface area (Å²) in [6.07, 6.45) is 41.1. The van der Waals surface area contributed by atoms with Crippen LogP contribution in [0.3, 0.4) is 0 Å². The average molecular weight is 541 g/mol. The van der Waals surface area contributed by atoms with E-state index in [1.807, 2.05) is 0 Å². The Balaban J connectivity index is 1.51. The predicted octanol–water partition coefficient (Wildman–Crippen LogP) is 12.0. The summed E-state index contributed by atoms with van der Waals surface area (Å²) >= 11 is 5.99. The highest BCUT2D eigenvalue weighted by Gasteiger charge is 2.56. The van der Waals surface area contributed by atoms with Gasteiger partial charge < -0.3 is 0 Å². The summed E-state index contributed by atoms with van der Waals surface area (Å²) in [4.78, 5) is 0. The maximum absolute atomic E-state index is 5.99. The quantitative estimate of drug-likeness (QED) is 0.290. The summed E-state index contributed by atoms with van der Waals surface area (Å²) < 4.78 is 0.285. The molecule has 7 atom stereocenters. The van der Waals surface area contributed by atoms with Gasteiger partial charge in [0.05, 0.1) is 0 Å². The Morgan fingerprint density at radius 3 is 1.71 bits per heavy atom. The van der Waals surface area contributed by atoms with Gasteiger partial charge in [-0.05, 0) is 111 Å². The molecule has 0 aromatic heterocycles. The van der Waals surface area contributed by atoms with E-state index in [-0.39, 0.29) is 4.75 Å². The zero-order valence-electron chi connectivity index (χ0n) is 25.5. The zero-order valence-corrected chi connectivity index (χ0v) is 26.4. The number of rotatable bonds is 0. The minimum atomic E-state index is 0.285. The van der Waals surface area contributed by atoms with E-state index in [1.54, 1.807) is 57.8 Å². The van der Waals surface area contributed by atoms with Crippen molar-refractivity contribution >= 4 is 12.6 Å². The molecule has 0 N–H and O–H groups in total. The second-order valence-corrected chi connectivity index (χ2v) is 17.4. The first-order valence-corrected chi connectivity index (χ1v) is 18.7. The number of fused-ring (bicyclic) bond motifs is 7. The molecule has 38 heavy (non-hydrogen) atoms. The molecule has 7 unspecified atom stereocenters. The van der Waals surface area contributed by atoms with Crippen molar-refractivity contribution in [2.75, 3.05) is 0 Å². The zero-order chi connectivity index (χ0) is 26.1. The average Bonchev–Trinajstić information content (AvgIpc) is 2.90. The Bertz CT molecular complexity index is 752. The van der Waals surface area contributed by atoms with Gasteiger partial charge in [-0.2, -0.15) is 12.6 Å². The van der Waals surface area contributed by atoms with E-state index in [4.69, 9.17) is 12.6 Å². The van der Waals surface area contributed by atoms with E-state index in [2.05, 4.69) is 6.92 Å². The van der Waals surface area contributed by atoms with E-state index >= 15 is 0 Å².